The Balaban J connectivity index is 2.23. The summed E-state index contributed by atoms with van der Waals surface area (Å²) in [7, 11) is 0. The topological polar surface area (TPSA) is 43.3 Å². The van der Waals surface area contributed by atoms with E-state index in [9.17, 15) is 4.39 Å². The van der Waals surface area contributed by atoms with Gasteiger partial charge in [-0.05, 0) is 69.1 Å². The molecule has 2 heterocycles. The molecule has 0 saturated carbocycles. The molecule has 114 valence electrons. The maximum atomic E-state index is 13.5. The molecule has 0 spiro atoms. The first-order valence-electron chi connectivity index (χ1n) is 7.55. The van der Waals surface area contributed by atoms with Crippen LogP contribution < -0.4 is 5.73 Å². The van der Waals surface area contributed by atoms with Crippen molar-refractivity contribution in [2.24, 2.45) is 5.73 Å². The van der Waals surface area contributed by atoms with Crippen LogP contribution in [0.5, 0.6) is 0 Å². The minimum absolute atomic E-state index is 0.188. The predicted molar refractivity (Wildman–Crippen MR) is 87.4 cm³/mol. The van der Waals surface area contributed by atoms with Crippen LogP contribution in [0.4, 0.5) is 4.39 Å². The van der Waals surface area contributed by atoms with Crippen molar-refractivity contribution in [1.82, 2.24) is 9.38 Å². The number of rotatable bonds is 4. The molecule has 3 rings (SSSR count). The third kappa shape index (κ3) is 2.50. The van der Waals surface area contributed by atoms with E-state index in [1.807, 2.05) is 18.2 Å². The number of nitrogens with two attached hydrogens (primary N) is 1. The van der Waals surface area contributed by atoms with Crippen LogP contribution in [-0.2, 0) is 6.42 Å². The van der Waals surface area contributed by atoms with Gasteiger partial charge in [-0.25, -0.2) is 9.37 Å². The summed E-state index contributed by atoms with van der Waals surface area (Å²) in [5.41, 5.74) is 11.4. The number of hydrogen-bond acceptors (Lipinski definition) is 2. The van der Waals surface area contributed by atoms with Gasteiger partial charge in [0.2, 0.25) is 0 Å². The molecule has 0 aliphatic rings. The molecule has 3 nitrogen and oxygen atoms in total. The number of aryl methyl sites for hydroxylation is 3. The Labute approximate surface area is 129 Å². The van der Waals surface area contributed by atoms with Crippen LogP contribution in [0.3, 0.4) is 0 Å². The molecule has 22 heavy (non-hydrogen) atoms. The molecule has 4 heteroatoms. The Bertz CT molecular complexity index is 821. The number of imidazole rings is 1. The normalized spacial score (nSPS) is 11.3. The first-order chi connectivity index (χ1) is 10.6. The van der Waals surface area contributed by atoms with Gasteiger partial charge in [0.15, 0.2) is 0 Å². The van der Waals surface area contributed by atoms with Gasteiger partial charge in [-0.15, -0.1) is 0 Å². The van der Waals surface area contributed by atoms with E-state index in [0.29, 0.717) is 12.1 Å². The van der Waals surface area contributed by atoms with Crippen molar-refractivity contribution < 1.29 is 4.39 Å². The minimum Gasteiger partial charge on any atom is -0.330 e. The van der Waals surface area contributed by atoms with E-state index in [2.05, 4.69) is 17.4 Å². The van der Waals surface area contributed by atoms with E-state index in [1.54, 1.807) is 13.0 Å². The highest BCUT2D eigenvalue weighted by Crippen LogP contribution is 2.28. The number of benzene rings is 1. The summed E-state index contributed by atoms with van der Waals surface area (Å²) in [6, 6.07) is 11.2. The van der Waals surface area contributed by atoms with E-state index in [-0.39, 0.29) is 5.82 Å². The molecule has 0 aliphatic carbocycles. The van der Waals surface area contributed by atoms with Crippen LogP contribution in [0.1, 0.15) is 23.4 Å². The lowest BCUT2D eigenvalue weighted by Crippen LogP contribution is -2.04. The van der Waals surface area contributed by atoms with Crippen molar-refractivity contribution in [3.63, 3.8) is 0 Å². The second-order valence-electron chi connectivity index (χ2n) is 5.62. The molecule has 3 aromatic rings. The summed E-state index contributed by atoms with van der Waals surface area (Å²) in [6.07, 6.45) is 1.75. The Kier molecular flexibility index (Phi) is 3.94. The fourth-order valence-corrected chi connectivity index (χ4v) is 2.85. The molecule has 0 atom stereocenters. The largest absolute Gasteiger partial charge is 0.330 e. The average molecular weight is 297 g/mol. The van der Waals surface area contributed by atoms with Crippen molar-refractivity contribution in [1.29, 1.82) is 0 Å². The second-order valence-corrected chi connectivity index (χ2v) is 5.62. The standard InChI is InChI=1S/C18H20FN3/c1-12-11-14(8-9-15(12)19)18-16(6-4-10-20)22-13(2)5-3-7-17(22)21-18/h3,5,7-9,11H,4,6,10,20H2,1-2H3. The molecule has 0 aliphatic heterocycles. The van der Waals surface area contributed by atoms with E-state index in [1.165, 1.54) is 6.07 Å². The minimum atomic E-state index is -0.188. The lowest BCUT2D eigenvalue weighted by atomic mass is 10.0. The molecule has 0 unspecified atom stereocenters. The summed E-state index contributed by atoms with van der Waals surface area (Å²) in [6.45, 7) is 4.49. The van der Waals surface area contributed by atoms with Crippen molar-refractivity contribution in [2.75, 3.05) is 6.54 Å². The van der Waals surface area contributed by atoms with Crippen LogP contribution >= 0.6 is 0 Å². The van der Waals surface area contributed by atoms with E-state index < -0.39 is 0 Å². The number of pyridine rings is 1. The van der Waals surface area contributed by atoms with Crippen LogP contribution in [0.25, 0.3) is 16.9 Å². The maximum Gasteiger partial charge on any atom is 0.137 e. The van der Waals surface area contributed by atoms with Gasteiger partial charge in [0.1, 0.15) is 11.5 Å². The first kappa shape index (κ1) is 14.7. The Hall–Kier alpha value is -2.20. The lowest BCUT2D eigenvalue weighted by molar-refractivity contribution is 0.618. The van der Waals surface area contributed by atoms with Gasteiger partial charge in [-0.3, -0.25) is 0 Å². The molecule has 0 amide bonds. The zero-order chi connectivity index (χ0) is 15.7. The third-order valence-corrected chi connectivity index (χ3v) is 3.98. The molecular formula is C18H20FN3. The number of nitrogens with zero attached hydrogens (tertiary/aromatic N) is 2. The van der Waals surface area contributed by atoms with Gasteiger partial charge in [0, 0.05) is 11.3 Å². The summed E-state index contributed by atoms with van der Waals surface area (Å²) in [5.74, 6) is -0.188. The first-order valence-corrected chi connectivity index (χ1v) is 7.55. The molecule has 0 saturated heterocycles. The molecule has 0 fully saturated rings. The summed E-state index contributed by atoms with van der Waals surface area (Å²) in [5, 5.41) is 0. The lowest BCUT2D eigenvalue weighted by Gasteiger charge is -2.08. The number of halogens is 1. The molecule has 1 aromatic carbocycles. The van der Waals surface area contributed by atoms with Crippen LogP contribution in [0, 0.1) is 19.7 Å². The monoisotopic (exact) mass is 297 g/mol. The molecule has 0 radical (unpaired) electrons. The molecule has 2 N–H and O–H groups in total. The van der Waals surface area contributed by atoms with Gasteiger partial charge in [0.05, 0.1) is 11.4 Å². The van der Waals surface area contributed by atoms with Gasteiger partial charge in [-0.1, -0.05) is 6.07 Å². The molecular weight excluding hydrogens is 277 g/mol. The fourth-order valence-electron chi connectivity index (χ4n) is 2.85. The number of hydrogen-bond donors (Lipinski definition) is 1. The predicted octanol–water partition coefficient (Wildman–Crippen LogP) is 3.65. The van der Waals surface area contributed by atoms with Gasteiger partial charge in [0.25, 0.3) is 0 Å². The van der Waals surface area contributed by atoms with Crippen molar-refractivity contribution in [2.45, 2.75) is 26.7 Å². The summed E-state index contributed by atoms with van der Waals surface area (Å²) in [4.78, 5) is 4.77. The van der Waals surface area contributed by atoms with Crippen LogP contribution in [-0.4, -0.2) is 15.9 Å². The third-order valence-electron chi connectivity index (χ3n) is 3.98. The van der Waals surface area contributed by atoms with Crippen molar-refractivity contribution in [3.8, 4) is 11.3 Å². The highest BCUT2D eigenvalue weighted by molar-refractivity contribution is 5.67. The Morgan fingerprint density at radius 3 is 2.73 bits per heavy atom. The molecule has 2 aromatic heterocycles. The maximum absolute atomic E-state index is 13.5. The quantitative estimate of drug-likeness (QED) is 0.799. The number of aromatic nitrogens is 2. The van der Waals surface area contributed by atoms with Crippen LogP contribution in [0.15, 0.2) is 36.4 Å². The Morgan fingerprint density at radius 1 is 1.18 bits per heavy atom. The zero-order valence-corrected chi connectivity index (χ0v) is 12.9. The number of fused-ring (bicyclic) bond motifs is 1. The van der Waals surface area contributed by atoms with E-state index in [0.717, 1.165) is 41.1 Å². The van der Waals surface area contributed by atoms with Crippen molar-refractivity contribution >= 4 is 5.65 Å². The SMILES string of the molecule is Cc1cc(-c2nc3cccc(C)n3c2CCCN)ccc1F. The van der Waals surface area contributed by atoms with Crippen molar-refractivity contribution in [3.05, 3.63) is 59.2 Å². The van der Waals surface area contributed by atoms with E-state index in [4.69, 9.17) is 10.7 Å². The van der Waals surface area contributed by atoms with Gasteiger partial charge >= 0.3 is 0 Å². The average Bonchev–Trinajstić information content (AvgIpc) is 2.88. The van der Waals surface area contributed by atoms with E-state index >= 15 is 0 Å². The van der Waals surface area contributed by atoms with Gasteiger partial charge < -0.3 is 10.1 Å². The molecule has 0 bridgehead atoms. The summed E-state index contributed by atoms with van der Waals surface area (Å²) >= 11 is 0. The Morgan fingerprint density at radius 2 is 2.00 bits per heavy atom. The highest BCUT2D eigenvalue weighted by Gasteiger charge is 2.15. The fraction of sp³-hybridized carbons (Fsp3) is 0.278. The highest BCUT2D eigenvalue weighted by atomic mass is 19.1. The smallest absolute Gasteiger partial charge is 0.137 e. The zero-order valence-electron chi connectivity index (χ0n) is 12.9. The second kappa shape index (κ2) is 5.89. The van der Waals surface area contributed by atoms with Crippen LogP contribution in [0.2, 0.25) is 0 Å². The summed E-state index contributed by atoms with van der Waals surface area (Å²) < 4.78 is 15.7. The van der Waals surface area contributed by atoms with Gasteiger partial charge in [-0.2, -0.15) is 0 Å².